The van der Waals surface area contributed by atoms with Crippen molar-refractivity contribution in [2.24, 2.45) is 0 Å². The molecule has 0 unspecified atom stereocenters. The van der Waals surface area contributed by atoms with E-state index < -0.39 is 0 Å². The molecule has 3 heterocycles. The largest absolute Gasteiger partial charge is 0.312 e. The number of benzene rings is 1. The van der Waals surface area contributed by atoms with Crippen LogP contribution in [-0.2, 0) is 6.54 Å². The van der Waals surface area contributed by atoms with Gasteiger partial charge in [0.15, 0.2) is 0 Å². The lowest BCUT2D eigenvalue weighted by atomic mass is 10.1. The van der Waals surface area contributed by atoms with Crippen molar-refractivity contribution >= 4 is 0 Å². The van der Waals surface area contributed by atoms with Crippen LogP contribution in [0.5, 0.6) is 0 Å². The molecule has 122 valence electrons. The lowest BCUT2D eigenvalue weighted by Crippen LogP contribution is -2.40. The molecule has 0 amide bonds. The SMILES string of the molecule is Cc1ccc(-n2cc(CN3CC[C@H]4NCCCC[C@H]43)cn2)cc1. The zero-order chi connectivity index (χ0) is 15.6. The molecular weight excluding hydrogens is 284 g/mol. The van der Waals surface area contributed by atoms with E-state index in [0.29, 0.717) is 12.1 Å². The fourth-order valence-corrected chi connectivity index (χ4v) is 4.02. The van der Waals surface area contributed by atoms with E-state index in [0.717, 1.165) is 12.2 Å². The number of rotatable bonds is 3. The number of hydrogen-bond acceptors (Lipinski definition) is 3. The predicted molar refractivity (Wildman–Crippen MR) is 92.8 cm³/mol. The van der Waals surface area contributed by atoms with Crippen LogP contribution >= 0.6 is 0 Å². The summed E-state index contributed by atoms with van der Waals surface area (Å²) < 4.78 is 1.99. The summed E-state index contributed by atoms with van der Waals surface area (Å²) >= 11 is 0. The van der Waals surface area contributed by atoms with Crippen LogP contribution in [0.3, 0.4) is 0 Å². The summed E-state index contributed by atoms with van der Waals surface area (Å²) in [6.07, 6.45) is 9.51. The molecule has 2 saturated heterocycles. The van der Waals surface area contributed by atoms with Gasteiger partial charge in [0.1, 0.15) is 0 Å². The van der Waals surface area contributed by atoms with Crippen LogP contribution in [0.15, 0.2) is 36.7 Å². The van der Waals surface area contributed by atoms with Crippen LogP contribution in [0.25, 0.3) is 5.69 Å². The maximum atomic E-state index is 4.56. The first-order valence-corrected chi connectivity index (χ1v) is 8.87. The fraction of sp³-hybridized carbons (Fsp3) is 0.526. The Hall–Kier alpha value is -1.65. The predicted octanol–water partition coefficient (Wildman–Crippen LogP) is 2.90. The van der Waals surface area contributed by atoms with E-state index in [2.05, 4.69) is 52.7 Å². The van der Waals surface area contributed by atoms with E-state index in [-0.39, 0.29) is 0 Å². The van der Waals surface area contributed by atoms with Crippen molar-refractivity contribution < 1.29 is 0 Å². The Labute approximate surface area is 138 Å². The van der Waals surface area contributed by atoms with Crippen LogP contribution in [0, 0.1) is 6.92 Å². The summed E-state index contributed by atoms with van der Waals surface area (Å²) in [7, 11) is 0. The third-order valence-corrected chi connectivity index (χ3v) is 5.31. The number of hydrogen-bond donors (Lipinski definition) is 1. The van der Waals surface area contributed by atoms with Crippen molar-refractivity contribution in [1.29, 1.82) is 0 Å². The Bertz CT molecular complexity index is 646. The Morgan fingerprint density at radius 3 is 2.91 bits per heavy atom. The topological polar surface area (TPSA) is 33.1 Å². The second-order valence-corrected chi connectivity index (χ2v) is 7.01. The number of nitrogens with zero attached hydrogens (tertiary/aromatic N) is 3. The van der Waals surface area contributed by atoms with Gasteiger partial charge in [-0.15, -0.1) is 0 Å². The summed E-state index contributed by atoms with van der Waals surface area (Å²) in [5.74, 6) is 0. The second kappa shape index (κ2) is 6.46. The second-order valence-electron chi connectivity index (χ2n) is 7.01. The molecule has 0 aliphatic carbocycles. The Balaban J connectivity index is 1.46. The maximum Gasteiger partial charge on any atom is 0.0645 e. The van der Waals surface area contributed by atoms with Crippen molar-refractivity contribution in [2.75, 3.05) is 13.1 Å². The molecule has 1 aromatic carbocycles. The first-order valence-electron chi connectivity index (χ1n) is 8.87. The molecule has 4 heteroatoms. The molecule has 23 heavy (non-hydrogen) atoms. The maximum absolute atomic E-state index is 4.56. The first kappa shape index (κ1) is 14.9. The highest BCUT2D eigenvalue weighted by molar-refractivity contribution is 5.34. The minimum Gasteiger partial charge on any atom is -0.312 e. The standard InChI is InChI=1S/C19H26N4/c1-15-5-7-17(8-6-15)23-14-16(12-21-23)13-22-11-9-18-19(22)4-2-3-10-20-18/h5-8,12,14,18-20H,2-4,9-11,13H2,1H3/t18-,19-/m1/s1. The third-order valence-electron chi connectivity index (χ3n) is 5.31. The van der Waals surface area contributed by atoms with Crippen LogP contribution in [0.1, 0.15) is 36.8 Å². The zero-order valence-corrected chi connectivity index (χ0v) is 13.9. The first-order chi connectivity index (χ1) is 11.3. The van der Waals surface area contributed by atoms with E-state index in [1.165, 1.54) is 49.9 Å². The monoisotopic (exact) mass is 310 g/mol. The quantitative estimate of drug-likeness (QED) is 0.946. The minimum absolute atomic E-state index is 0.699. The third kappa shape index (κ3) is 3.19. The number of likely N-dealkylation sites (tertiary alicyclic amines) is 1. The summed E-state index contributed by atoms with van der Waals surface area (Å²) in [6.45, 7) is 5.54. The van der Waals surface area contributed by atoms with E-state index in [9.17, 15) is 0 Å². The molecule has 1 N–H and O–H groups in total. The van der Waals surface area contributed by atoms with Crippen LogP contribution < -0.4 is 5.32 Å². The summed E-state index contributed by atoms with van der Waals surface area (Å²) in [5, 5.41) is 8.29. The molecule has 0 spiro atoms. The molecule has 2 aromatic rings. The van der Waals surface area contributed by atoms with Gasteiger partial charge >= 0.3 is 0 Å². The van der Waals surface area contributed by atoms with Crippen molar-refractivity contribution in [3.05, 3.63) is 47.8 Å². The van der Waals surface area contributed by atoms with E-state index in [1.807, 2.05) is 10.9 Å². The van der Waals surface area contributed by atoms with Crippen LogP contribution in [0.4, 0.5) is 0 Å². The van der Waals surface area contributed by atoms with Gasteiger partial charge in [0, 0.05) is 36.9 Å². The van der Waals surface area contributed by atoms with Crippen LogP contribution in [-0.4, -0.2) is 39.9 Å². The lowest BCUT2D eigenvalue weighted by molar-refractivity contribution is 0.221. The van der Waals surface area contributed by atoms with Gasteiger partial charge < -0.3 is 5.32 Å². The average molecular weight is 310 g/mol. The molecule has 1 aromatic heterocycles. The molecule has 4 nitrogen and oxygen atoms in total. The number of aryl methyl sites for hydroxylation is 1. The van der Waals surface area contributed by atoms with Gasteiger partial charge in [-0.1, -0.05) is 24.1 Å². The Morgan fingerprint density at radius 1 is 1.17 bits per heavy atom. The fourth-order valence-electron chi connectivity index (χ4n) is 4.02. The van der Waals surface area contributed by atoms with E-state index in [4.69, 9.17) is 0 Å². The van der Waals surface area contributed by atoms with Crippen molar-refractivity contribution in [3.63, 3.8) is 0 Å². The molecule has 0 saturated carbocycles. The zero-order valence-electron chi connectivity index (χ0n) is 13.9. The van der Waals surface area contributed by atoms with Gasteiger partial charge in [-0.05, 0) is 44.9 Å². The lowest BCUT2D eigenvalue weighted by Gasteiger charge is -2.26. The number of aromatic nitrogens is 2. The highest BCUT2D eigenvalue weighted by atomic mass is 15.3. The summed E-state index contributed by atoms with van der Waals surface area (Å²) in [5.41, 5.74) is 3.73. The average Bonchev–Trinajstić information content (AvgIpc) is 3.10. The molecule has 2 aliphatic heterocycles. The van der Waals surface area contributed by atoms with Gasteiger partial charge in [0.05, 0.1) is 11.9 Å². The minimum atomic E-state index is 0.699. The number of nitrogens with one attached hydrogen (secondary N) is 1. The highest BCUT2D eigenvalue weighted by Gasteiger charge is 2.34. The Morgan fingerprint density at radius 2 is 2.04 bits per heavy atom. The van der Waals surface area contributed by atoms with Gasteiger partial charge in [-0.2, -0.15) is 5.10 Å². The molecular formula is C19H26N4. The van der Waals surface area contributed by atoms with Gasteiger partial charge in [-0.25, -0.2) is 4.68 Å². The highest BCUT2D eigenvalue weighted by Crippen LogP contribution is 2.26. The van der Waals surface area contributed by atoms with Gasteiger partial charge in [0.25, 0.3) is 0 Å². The van der Waals surface area contributed by atoms with E-state index >= 15 is 0 Å². The van der Waals surface area contributed by atoms with E-state index in [1.54, 1.807) is 0 Å². The number of fused-ring (bicyclic) bond motifs is 1. The van der Waals surface area contributed by atoms with Crippen LogP contribution in [0.2, 0.25) is 0 Å². The van der Waals surface area contributed by atoms with Crippen molar-refractivity contribution in [1.82, 2.24) is 20.0 Å². The summed E-state index contributed by atoms with van der Waals surface area (Å²) in [6, 6.07) is 9.95. The molecule has 0 bridgehead atoms. The molecule has 2 atom stereocenters. The smallest absolute Gasteiger partial charge is 0.0645 e. The Kier molecular flexibility index (Phi) is 4.19. The van der Waals surface area contributed by atoms with Crippen molar-refractivity contribution in [2.45, 2.75) is 51.2 Å². The summed E-state index contributed by atoms with van der Waals surface area (Å²) in [4.78, 5) is 2.65. The van der Waals surface area contributed by atoms with Gasteiger partial charge in [0.2, 0.25) is 0 Å². The van der Waals surface area contributed by atoms with Crippen molar-refractivity contribution in [3.8, 4) is 5.69 Å². The van der Waals surface area contributed by atoms with Gasteiger partial charge in [-0.3, -0.25) is 4.90 Å². The normalized spacial score (nSPS) is 25.3. The molecule has 0 radical (unpaired) electrons. The molecule has 2 fully saturated rings. The molecule has 4 rings (SSSR count). The molecule has 2 aliphatic rings.